The van der Waals surface area contributed by atoms with E-state index in [1.54, 1.807) is 20.1 Å². The second-order valence-corrected chi connectivity index (χ2v) is 11.1. The van der Waals surface area contributed by atoms with Crippen LogP contribution < -0.4 is 0 Å². The normalized spacial score (nSPS) is 20.9. The fraction of sp³-hybridized carbons (Fsp3) is 0.348. The Morgan fingerprint density at radius 1 is 1.39 bits per heavy atom. The van der Waals surface area contributed by atoms with E-state index in [-0.39, 0.29) is 29.9 Å². The molecule has 2 aliphatic heterocycles. The summed E-state index contributed by atoms with van der Waals surface area (Å²) in [4.78, 5) is 43.7. The van der Waals surface area contributed by atoms with Crippen molar-refractivity contribution in [1.82, 2.24) is 14.3 Å². The predicted molar refractivity (Wildman–Crippen MR) is 130 cm³/mol. The van der Waals surface area contributed by atoms with Gasteiger partial charge in [-0.15, -0.1) is 11.3 Å². The SMILES string of the molecule is Cc1nc([S+](C)[O-])c2sc(C3=C(C(=O)OCc4ccc([N+](=O)[O-])cc4)N4C(=O)[C@H]([C@@H](C)O)[C@H]4C3)cn12. The maximum absolute atomic E-state index is 13.3. The van der Waals surface area contributed by atoms with Crippen molar-refractivity contribution in [3.05, 3.63) is 62.5 Å². The number of amides is 1. The van der Waals surface area contributed by atoms with Gasteiger partial charge in [-0.1, -0.05) is 0 Å². The number of esters is 1. The van der Waals surface area contributed by atoms with Crippen LogP contribution in [0.15, 0.2) is 41.2 Å². The van der Waals surface area contributed by atoms with Crippen LogP contribution in [0.25, 0.3) is 10.4 Å². The van der Waals surface area contributed by atoms with Gasteiger partial charge in [0.05, 0.1) is 27.9 Å². The van der Waals surface area contributed by atoms with E-state index >= 15 is 0 Å². The third-order valence-corrected chi connectivity index (χ3v) is 8.59. The number of β-lactam (4-membered cyclic amide) rings is 1. The lowest BCUT2D eigenvalue weighted by molar-refractivity contribution is -0.384. The number of non-ortho nitro benzene ring substituents is 1. The molecule has 4 heterocycles. The number of aromatic nitrogens is 2. The van der Waals surface area contributed by atoms with Gasteiger partial charge in [-0.2, -0.15) is 4.98 Å². The van der Waals surface area contributed by atoms with E-state index < -0.39 is 34.1 Å². The lowest BCUT2D eigenvalue weighted by atomic mass is 9.83. The summed E-state index contributed by atoms with van der Waals surface area (Å²) in [6.45, 7) is 3.22. The van der Waals surface area contributed by atoms with E-state index in [0.717, 1.165) is 4.88 Å². The number of aryl methyl sites for hydroxylation is 1. The highest BCUT2D eigenvalue weighted by Crippen LogP contribution is 2.48. The highest BCUT2D eigenvalue weighted by molar-refractivity contribution is 7.91. The molecular weight excluding hydrogens is 508 g/mol. The maximum Gasteiger partial charge on any atom is 0.355 e. The minimum absolute atomic E-state index is 0.0738. The molecule has 0 aliphatic carbocycles. The molecule has 1 fully saturated rings. The molecule has 2 aromatic heterocycles. The van der Waals surface area contributed by atoms with Crippen molar-refractivity contribution in [2.24, 2.45) is 5.92 Å². The quantitative estimate of drug-likeness (QED) is 0.161. The largest absolute Gasteiger partial charge is 0.610 e. The zero-order valence-electron chi connectivity index (χ0n) is 19.5. The van der Waals surface area contributed by atoms with Crippen molar-refractivity contribution in [1.29, 1.82) is 0 Å². The van der Waals surface area contributed by atoms with Gasteiger partial charge in [0.1, 0.15) is 24.4 Å². The van der Waals surface area contributed by atoms with Crippen molar-refractivity contribution in [3.63, 3.8) is 0 Å². The number of fused-ring (bicyclic) bond motifs is 2. The molecule has 5 rings (SSSR count). The summed E-state index contributed by atoms with van der Waals surface area (Å²) in [5.41, 5.74) is 1.23. The number of thiazole rings is 1. The number of carbonyl (C=O) groups is 2. The molecule has 0 saturated carbocycles. The molecule has 11 nitrogen and oxygen atoms in total. The van der Waals surface area contributed by atoms with Crippen LogP contribution in [-0.2, 0) is 32.1 Å². The molecule has 0 spiro atoms. The van der Waals surface area contributed by atoms with E-state index in [1.165, 1.54) is 40.5 Å². The second-order valence-electron chi connectivity index (χ2n) is 8.76. The van der Waals surface area contributed by atoms with Crippen LogP contribution in [0.1, 0.15) is 29.6 Å². The molecule has 13 heteroatoms. The van der Waals surface area contributed by atoms with Crippen molar-refractivity contribution in [3.8, 4) is 0 Å². The smallest absolute Gasteiger partial charge is 0.355 e. The fourth-order valence-electron chi connectivity index (χ4n) is 4.73. The molecular formula is C23H22N4O7S2. The van der Waals surface area contributed by atoms with Crippen molar-refractivity contribution >= 4 is 50.5 Å². The first-order valence-electron chi connectivity index (χ1n) is 11.1. The summed E-state index contributed by atoms with van der Waals surface area (Å²) in [6, 6.07) is 5.29. The topological polar surface area (TPSA) is 150 Å². The monoisotopic (exact) mass is 530 g/mol. The fourth-order valence-corrected chi connectivity index (χ4v) is 6.90. The molecule has 188 valence electrons. The molecule has 4 atom stereocenters. The molecule has 0 bridgehead atoms. The zero-order chi connectivity index (χ0) is 25.9. The van der Waals surface area contributed by atoms with Crippen LogP contribution in [0.3, 0.4) is 0 Å². The Labute approximate surface area is 212 Å². The Morgan fingerprint density at radius 2 is 2.08 bits per heavy atom. The predicted octanol–water partition coefficient (Wildman–Crippen LogP) is 2.42. The number of benzene rings is 1. The Kier molecular flexibility index (Phi) is 6.11. The van der Waals surface area contributed by atoms with Gasteiger partial charge in [0.25, 0.3) is 10.7 Å². The number of imidazole rings is 1. The van der Waals surface area contributed by atoms with Gasteiger partial charge in [-0.25, -0.2) is 4.79 Å². The number of nitro benzene ring substituents is 1. The van der Waals surface area contributed by atoms with Crippen LogP contribution >= 0.6 is 11.3 Å². The number of hydrogen-bond donors (Lipinski definition) is 1. The third-order valence-electron chi connectivity index (χ3n) is 6.48. The van der Waals surface area contributed by atoms with Gasteiger partial charge in [0.15, 0.2) is 4.83 Å². The third kappa shape index (κ3) is 3.88. The van der Waals surface area contributed by atoms with Gasteiger partial charge in [0.2, 0.25) is 5.91 Å². The van der Waals surface area contributed by atoms with Crippen LogP contribution in [0.5, 0.6) is 0 Å². The van der Waals surface area contributed by atoms with Crippen molar-refractivity contribution in [2.75, 3.05) is 6.26 Å². The molecule has 0 radical (unpaired) electrons. The maximum atomic E-state index is 13.3. The zero-order valence-corrected chi connectivity index (χ0v) is 21.2. The number of hydrogen-bond acceptors (Lipinski definition) is 9. The summed E-state index contributed by atoms with van der Waals surface area (Å²) in [5, 5.41) is 21.4. The lowest BCUT2D eigenvalue weighted by Gasteiger charge is -2.44. The first-order valence-corrected chi connectivity index (χ1v) is 13.4. The molecule has 1 N–H and O–H groups in total. The minimum atomic E-state index is -1.31. The number of carbonyl (C=O) groups excluding carboxylic acids is 2. The Bertz CT molecular complexity index is 1420. The summed E-state index contributed by atoms with van der Waals surface area (Å²) >= 11 is 0.0248. The second kappa shape index (κ2) is 9.00. The van der Waals surface area contributed by atoms with Crippen molar-refractivity contribution in [2.45, 2.75) is 44.0 Å². The number of nitrogens with zero attached hydrogens (tertiary/aromatic N) is 4. The Hall–Kier alpha value is -3.26. The van der Waals surface area contributed by atoms with E-state index in [1.807, 2.05) is 10.6 Å². The van der Waals surface area contributed by atoms with Gasteiger partial charge in [-0.3, -0.25) is 19.3 Å². The standard InChI is InChI=1S/C23H22N4O7S2/c1-11(28)18-16-8-15(17-9-25-12(2)24-20(36(3)33)22(25)35-17)19(26(16)21(18)29)23(30)34-10-13-4-6-14(7-5-13)27(31)32/h4-7,9,11,16,18,28H,8,10H2,1-3H3/t11-,16-,18-,36?/m1/s1. The number of aliphatic hydroxyl groups excluding tert-OH is 1. The van der Waals surface area contributed by atoms with Gasteiger partial charge < -0.3 is 19.3 Å². The first kappa shape index (κ1) is 24.4. The van der Waals surface area contributed by atoms with E-state index in [0.29, 0.717) is 33.2 Å². The number of ether oxygens (including phenoxy) is 1. The molecule has 1 saturated heterocycles. The van der Waals surface area contributed by atoms with Crippen LogP contribution in [0.2, 0.25) is 0 Å². The highest BCUT2D eigenvalue weighted by Gasteiger charge is 2.57. The van der Waals surface area contributed by atoms with Crippen LogP contribution in [-0.4, -0.2) is 59.1 Å². The summed E-state index contributed by atoms with van der Waals surface area (Å²) < 4.78 is 19.5. The van der Waals surface area contributed by atoms with Crippen LogP contribution in [0.4, 0.5) is 5.69 Å². The number of nitro groups is 1. The van der Waals surface area contributed by atoms with Gasteiger partial charge in [-0.05, 0) is 38.0 Å². The highest BCUT2D eigenvalue weighted by atomic mass is 32.2. The molecule has 1 unspecified atom stereocenters. The van der Waals surface area contributed by atoms with Gasteiger partial charge >= 0.3 is 5.97 Å². The van der Waals surface area contributed by atoms with Crippen molar-refractivity contribution < 1.29 is 28.9 Å². The Balaban J connectivity index is 1.49. The Morgan fingerprint density at radius 3 is 2.69 bits per heavy atom. The lowest BCUT2D eigenvalue weighted by Crippen LogP contribution is -2.61. The molecule has 1 aromatic carbocycles. The molecule has 1 amide bonds. The van der Waals surface area contributed by atoms with Crippen LogP contribution in [0, 0.1) is 23.0 Å². The number of aliphatic hydroxyl groups is 1. The van der Waals surface area contributed by atoms with E-state index in [4.69, 9.17) is 4.74 Å². The average molecular weight is 531 g/mol. The summed E-state index contributed by atoms with van der Waals surface area (Å²) in [6.07, 6.45) is 2.86. The van der Waals surface area contributed by atoms with Gasteiger partial charge in [0, 0.05) is 35.1 Å². The first-order chi connectivity index (χ1) is 17.1. The van der Waals surface area contributed by atoms with E-state index in [9.17, 15) is 29.4 Å². The molecule has 36 heavy (non-hydrogen) atoms. The molecule has 3 aromatic rings. The minimum Gasteiger partial charge on any atom is -0.610 e. The average Bonchev–Trinajstić information content (AvgIpc) is 3.48. The number of rotatable bonds is 7. The summed E-state index contributed by atoms with van der Waals surface area (Å²) in [7, 11) is 0. The van der Waals surface area contributed by atoms with E-state index in [2.05, 4.69) is 4.98 Å². The summed E-state index contributed by atoms with van der Waals surface area (Å²) in [5.74, 6) is -1.01. The molecule has 2 aliphatic rings.